The van der Waals surface area contributed by atoms with Gasteiger partial charge in [0.05, 0.1) is 18.4 Å². The summed E-state index contributed by atoms with van der Waals surface area (Å²) in [5.41, 5.74) is 2.09. The van der Waals surface area contributed by atoms with Gasteiger partial charge in [0.25, 0.3) is 0 Å². The first kappa shape index (κ1) is 14.3. The smallest absolute Gasteiger partial charge is 0.307 e. The minimum atomic E-state index is -0.888. The molecule has 2 atom stereocenters. The lowest BCUT2D eigenvalue weighted by Gasteiger charge is -2.07. The molecule has 1 saturated carbocycles. The highest BCUT2D eigenvalue weighted by Crippen LogP contribution is 2.38. The molecule has 114 valence electrons. The van der Waals surface area contributed by atoms with E-state index in [2.05, 4.69) is 10.4 Å². The molecule has 0 spiro atoms. The van der Waals surface area contributed by atoms with Crippen LogP contribution in [0.15, 0.2) is 42.7 Å². The lowest BCUT2D eigenvalue weighted by molar-refractivity contribution is -0.140. The van der Waals surface area contributed by atoms with Crippen LogP contribution < -0.4 is 5.32 Å². The number of carboxylic acid groups (broad SMARTS) is 1. The highest BCUT2D eigenvalue weighted by molar-refractivity contribution is 5.89. The summed E-state index contributed by atoms with van der Waals surface area (Å²) in [5, 5.41) is 15.8. The summed E-state index contributed by atoms with van der Waals surface area (Å²) < 4.78 is 1.83. The highest BCUT2D eigenvalue weighted by atomic mass is 16.4. The zero-order valence-corrected chi connectivity index (χ0v) is 12.0. The third-order valence-electron chi connectivity index (χ3n) is 3.81. The number of benzene rings is 1. The maximum absolute atomic E-state index is 11.8. The summed E-state index contributed by atoms with van der Waals surface area (Å²) in [7, 11) is 0. The van der Waals surface area contributed by atoms with Gasteiger partial charge >= 0.3 is 5.97 Å². The van der Waals surface area contributed by atoms with Crippen molar-refractivity contribution in [1.29, 1.82) is 0 Å². The summed E-state index contributed by atoms with van der Waals surface area (Å²) >= 11 is 0. The summed E-state index contributed by atoms with van der Waals surface area (Å²) in [6.07, 6.45) is 4.08. The molecule has 1 aromatic carbocycles. The largest absolute Gasteiger partial charge is 0.481 e. The van der Waals surface area contributed by atoms with Crippen molar-refractivity contribution in [3.63, 3.8) is 0 Å². The molecule has 0 bridgehead atoms. The monoisotopic (exact) mass is 299 g/mol. The minimum absolute atomic E-state index is 0.176. The molecule has 2 N–H and O–H groups in total. The number of carbonyl (C=O) groups excluding carboxylic acids is 1. The number of amides is 1. The van der Waals surface area contributed by atoms with Gasteiger partial charge in [-0.3, -0.25) is 14.3 Å². The second-order valence-electron chi connectivity index (χ2n) is 5.53. The zero-order valence-electron chi connectivity index (χ0n) is 12.0. The number of aromatic nitrogens is 2. The summed E-state index contributed by atoms with van der Waals surface area (Å²) in [5.74, 6) is -1.94. The quantitative estimate of drug-likeness (QED) is 0.841. The van der Waals surface area contributed by atoms with Crippen molar-refractivity contribution in [1.82, 2.24) is 15.1 Å². The standard InChI is InChI=1S/C16H17N3O3/c20-15(13-8-14(13)16(21)22)17-9-11-3-1-4-12(7-11)10-19-6-2-5-18-19/h1-7,13-14H,8-10H2,(H,17,20)(H,21,22)/t13-,14-/m0/s1. The molecule has 1 amide bonds. The Morgan fingerprint density at radius 3 is 2.77 bits per heavy atom. The Kier molecular flexibility index (Phi) is 3.91. The molecule has 1 aliphatic rings. The molecule has 1 heterocycles. The van der Waals surface area contributed by atoms with Crippen LogP contribution in [-0.2, 0) is 22.7 Å². The Balaban J connectivity index is 1.55. The fraction of sp³-hybridized carbons (Fsp3) is 0.312. The molecule has 1 fully saturated rings. The van der Waals surface area contributed by atoms with Crippen molar-refractivity contribution in [3.05, 3.63) is 53.9 Å². The number of aliphatic carboxylic acids is 1. The van der Waals surface area contributed by atoms with Gasteiger partial charge in [-0.05, 0) is 23.6 Å². The first-order chi connectivity index (χ1) is 10.6. The van der Waals surface area contributed by atoms with E-state index in [1.807, 2.05) is 41.2 Å². The highest BCUT2D eigenvalue weighted by Gasteiger charge is 2.48. The van der Waals surface area contributed by atoms with Crippen LogP contribution in [0.1, 0.15) is 17.5 Å². The topological polar surface area (TPSA) is 84.2 Å². The molecular weight excluding hydrogens is 282 g/mol. The predicted octanol–water partition coefficient (Wildman–Crippen LogP) is 1.27. The number of nitrogens with one attached hydrogen (secondary N) is 1. The van der Waals surface area contributed by atoms with Crippen molar-refractivity contribution in [3.8, 4) is 0 Å². The minimum Gasteiger partial charge on any atom is -0.481 e. The SMILES string of the molecule is O=C(O)[C@H]1C[C@@H]1C(=O)NCc1cccc(Cn2cccn2)c1. The molecule has 0 unspecified atom stereocenters. The second kappa shape index (κ2) is 6.01. The van der Waals surface area contributed by atoms with Crippen LogP contribution in [0.3, 0.4) is 0 Å². The van der Waals surface area contributed by atoms with E-state index in [1.165, 1.54) is 0 Å². The van der Waals surface area contributed by atoms with Gasteiger partial charge in [-0.25, -0.2) is 0 Å². The third-order valence-corrected chi connectivity index (χ3v) is 3.81. The van der Waals surface area contributed by atoms with Crippen LogP contribution in [0.4, 0.5) is 0 Å². The molecule has 0 saturated heterocycles. The van der Waals surface area contributed by atoms with E-state index in [0.717, 1.165) is 11.1 Å². The molecule has 22 heavy (non-hydrogen) atoms. The van der Waals surface area contributed by atoms with Gasteiger partial charge in [0.2, 0.25) is 5.91 Å². The third kappa shape index (κ3) is 3.33. The molecule has 2 aromatic rings. The van der Waals surface area contributed by atoms with Gasteiger partial charge in [0.1, 0.15) is 0 Å². The van der Waals surface area contributed by atoms with Gasteiger partial charge in [-0.1, -0.05) is 24.3 Å². The molecule has 1 aliphatic carbocycles. The molecule has 6 heteroatoms. The van der Waals surface area contributed by atoms with E-state index in [9.17, 15) is 9.59 Å². The van der Waals surface area contributed by atoms with Crippen molar-refractivity contribution in [2.45, 2.75) is 19.5 Å². The van der Waals surface area contributed by atoms with Crippen molar-refractivity contribution < 1.29 is 14.7 Å². The van der Waals surface area contributed by atoms with E-state index in [-0.39, 0.29) is 11.8 Å². The Morgan fingerprint density at radius 1 is 1.27 bits per heavy atom. The van der Waals surface area contributed by atoms with Crippen molar-refractivity contribution >= 4 is 11.9 Å². The fourth-order valence-corrected chi connectivity index (χ4v) is 2.50. The fourth-order valence-electron chi connectivity index (χ4n) is 2.50. The summed E-state index contributed by atoms with van der Waals surface area (Å²) in [6.45, 7) is 1.09. The average molecular weight is 299 g/mol. The number of hydrogen-bond acceptors (Lipinski definition) is 3. The normalized spacial score (nSPS) is 19.6. The van der Waals surface area contributed by atoms with Gasteiger partial charge in [0, 0.05) is 18.9 Å². The Hall–Kier alpha value is -2.63. The van der Waals surface area contributed by atoms with Crippen LogP contribution >= 0.6 is 0 Å². The molecular formula is C16H17N3O3. The first-order valence-corrected chi connectivity index (χ1v) is 7.19. The number of rotatable bonds is 6. The molecule has 0 radical (unpaired) electrons. The van der Waals surface area contributed by atoms with Gasteiger partial charge < -0.3 is 10.4 Å². The van der Waals surface area contributed by atoms with Crippen LogP contribution in [0.5, 0.6) is 0 Å². The Bertz CT molecular complexity index is 682. The van der Waals surface area contributed by atoms with Gasteiger partial charge in [0.15, 0.2) is 0 Å². The summed E-state index contributed by atoms with van der Waals surface area (Å²) in [4.78, 5) is 22.6. The molecule has 3 rings (SSSR count). The van der Waals surface area contributed by atoms with Crippen LogP contribution in [0.2, 0.25) is 0 Å². The van der Waals surface area contributed by atoms with E-state index < -0.39 is 11.9 Å². The predicted molar refractivity (Wildman–Crippen MR) is 78.9 cm³/mol. The molecule has 0 aliphatic heterocycles. The Morgan fingerprint density at radius 2 is 2.09 bits per heavy atom. The molecule has 1 aromatic heterocycles. The van der Waals surface area contributed by atoms with Crippen molar-refractivity contribution in [2.75, 3.05) is 0 Å². The Labute approximate surface area is 127 Å². The second-order valence-corrected chi connectivity index (χ2v) is 5.53. The lowest BCUT2D eigenvalue weighted by Crippen LogP contribution is -2.26. The zero-order chi connectivity index (χ0) is 15.5. The van der Waals surface area contributed by atoms with E-state index in [0.29, 0.717) is 19.5 Å². The maximum Gasteiger partial charge on any atom is 0.307 e. The number of hydrogen-bond donors (Lipinski definition) is 2. The summed E-state index contributed by atoms with van der Waals surface area (Å²) in [6, 6.07) is 9.78. The van der Waals surface area contributed by atoms with Crippen molar-refractivity contribution in [2.24, 2.45) is 11.8 Å². The first-order valence-electron chi connectivity index (χ1n) is 7.19. The van der Waals surface area contributed by atoms with E-state index >= 15 is 0 Å². The lowest BCUT2D eigenvalue weighted by atomic mass is 10.1. The van der Waals surface area contributed by atoms with E-state index in [1.54, 1.807) is 6.20 Å². The number of carbonyl (C=O) groups is 2. The van der Waals surface area contributed by atoms with Crippen LogP contribution in [-0.4, -0.2) is 26.8 Å². The van der Waals surface area contributed by atoms with Gasteiger partial charge in [-0.15, -0.1) is 0 Å². The van der Waals surface area contributed by atoms with E-state index in [4.69, 9.17) is 5.11 Å². The average Bonchev–Trinajstić information content (AvgIpc) is 3.17. The molecule has 6 nitrogen and oxygen atoms in total. The van der Waals surface area contributed by atoms with Crippen LogP contribution in [0, 0.1) is 11.8 Å². The van der Waals surface area contributed by atoms with Gasteiger partial charge in [-0.2, -0.15) is 5.10 Å². The maximum atomic E-state index is 11.8. The number of nitrogens with zero attached hydrogens (tertiary/aromatic N) is 2. The van der Waals surface area contributed by atoms with Crippen LogP contribution in [0.25, 0.3) is 0 Å². The number of carboxylic acids is 1.